The van der Waals surface area contributed by atoms with Crippen molar-refractivity contribution in [3.63, 3.8) is 0 Å². The van der Waals surface area contributed by atoms with Crippen LogP contribution in [-0.2, 0) is 33.7 Å². The van der Waals surface area contributed by atoms with E-state index >= 15 is 0 Å². The number of methoxy groups -OCH3 is 1. The summed E-state index contributed by atoms with van der Waals surface area (Å²) in [4.78, 5) is 36.5. The lowest BCUT2D eigenvalue weighted by atomic mass is 10.0. The Morgan fingerprint density at radius 1 is 1.02 bits per heavy atom. The van der Waals surface area contributed by atoms with Gasteiger partial charge < -0.3 is 19.1 Å². The van der Waals surface area contributed by atoms with Gasteiger partial charge in [-0.2, -0.15) is 0 Å². The number of anilines is 2. The molecule has 1 aliphatic heterocycles. The molecule has 7 nitrogen and oxygen atoms in total. The minimum Gasteiger partial charge on any atom is -0.383 e. The number of ether oxygens (including phenoxy) is 1. The quantitative estimate of drug-likeness (QED) is 0.240. The van der Waals surface area contributed by atoms with E-state index in [0.717, 1.165) is 57.8 Å². The van der Waals surface area contributed by atoms with E-state index in [2.05, 4.69) is 39.0 Å². The Hall–Kier alpha value is -3.97. The normalized spacial score (nSPS) is 16.0. The zero-order valence-electron chi connectivity index (χ0n) is 24.8. The number of para-hydroxylation sites is 4. The van der Waals surface area contributed by atoms with Crippen LogP contribution in [0, 0.1) is 6.92 Å². The smallest absolute Gasteiger partial charge is 0.247 e. The summed E-state index contributed by atoms with van der Waals surface area (Å²) in [7, 11) is 1.67. The van der Waals surface area contributed by atoms with Gasteiger partial charge >= 0.3 is 0 Å². The van der Waals surface area contributed by atoms with Crippen LogP contribution in [0.3, 0.4) is 0 Å². The number of nitrogens with zero attached hydrogens (tertiary/aromatic N) is 4. The molecule has 1 fully saturated rings. The third-order valence-corrected chi connectivity index (χ3v) is 8.19. The molecular formula is C34H40N4O3. The minimum atomic E-state index is -0.161. The predicted molar refractivity (Wildman–Crippen MR) is 165 cm³/mol. The number of aryl methyl sites for hydroxylation is 3. The summed E-state index contributed by atoms with van der Waals surface area (Å²) in [5.74, 6) is 0.718. The van der Waals surface area contributed by atoms with Crippen molar-refractivity contribution in [1.82, 2.24) is 9.55 Å². The summed E-state index contributed by atoms with van der Waals surface area (Å²) >= 11 is 0. The van der Waals surface area contributed by atoms with Crippen LogP contribution >= 0.6 is 0 Å². The first kappa shape index (κ1) is 28.6. The second-order valence-electron chi connectivity index (χ2n) is 10.9. The van der Waals surface area contributed by atoms with Gasteiger partial charge in [-0.15, -0.1) is 0 Å². The maximum absolute atomic E-state index is 14.3. The fourth-order valence-electron chi connectivity index (χ4n) is 6.23. The van der Waals surface area contributed by atoms with Crippen LogP contribution < -0.4 is 9.80 Å². The van der Waals surface area contributed by atoms with Crippen LogP contribution in [0.25, 0.3) is 11.0 Å². The zero-order chi connectivity index (χ0) is 29.1. The number of aromatic nitrogens is 2. The van der Waals surface area contributed by atoms with Gasteiger partial charge in [-0.05, 0) is 61.6 Å². The Morgan fingerprint density at radius 2 is 1.73 bits per heavy atom. The van der Waals surface area contributed by atoms with Gasteiger partial charge in [0.05, 0.1) is 29.4 Å². The molecule has 2 heterocycles. The summed E-state index contributed by atoms with van der Waals surface area (Å²) < 4.78 is 7.54. The molecule has 2 amide bonds. The highest BCUT2D eigenvalue weighted by molar-refractivity contribution is 5.98. The second kappa shape index (κ2) is 12.3. The highest BCUT2D eigenvalue weighted by atomic mass is 16.5. The van der Waals surface area contributed by atoms with E-state index < -0.39 is 0 Å². The number of carbonyl (C=O) groups excluding carboxylic acids is 2. The fourth-order valence-corrected chi connectivity index (χ4v) is 6.23. The van der Waals surface area contributed by atoms with Gasteiger partial charge in [0.1, 0.15) is 12.4 Å². The van der Waals surface area contributed by atoms with Crippen LogP contribution in [0.1, 0.15) is 55.6 Å². The lowest BCUT2D eigenvalue weighted by molar-refractivity contribution is -0.120. The average Bonchev–Trinajstić information content (AvgIpc) is 3.54. The Morgan fingerprint density at radius 3 is 2.49 bits per heavy atom. The number of hydrogen-bond donors (Lipinski definition) is 0. The van der Waals surface area contributed by atoms with Crippen LogP contribution in [0.5, 0.6) is 0 Å². The van der Waals surface area contributed by atoms with Crippen molar-refractivity contribution >= 4 is 34.2 Å². The summed E-state index contributed by atoms with van der Waals surface area (Å²) in [6, 6.07) is 22.0. The van der Waals surface area contributed by atoms with Crippen molar-refractivity contribution in [3.8, 4) is 0 Å². The summed E-state index contributed by atoms with van der Waals surface area (Å²) in [5, 5.41) is 0. The number of benzene rings is 3. The van der Waals surface area contributed by atoms with Gasteiger partial charge in [0, 0.05) is 31.7 Å². The molecule has 7 heteroatoms. The maximum Gasteiger partial charge on any atom is 0.247 e. The van der Waals surface area contributed by atoms with Crippen LogP contribution in [0.4, 0.5) is 11.4 Å². The van der Waals surface area contributed by atoms with Gasteiger partial charge in [0.2, 0.25) is 11.8 Å². The molecule has 0 aliphatic carbocycles. The molecule has 2 unspecified atom stereocenters. The van der Waals surface area contributed by atoms with E-state index in [9.17, 15) is 9.59 Å². The molecule has 1 aliphatic rings. The molecule has 41 heavy (non-hydrogen) atoms. The van der Waals surface area contributed by atoms with Gasteiger partial charge in [0.25, 0.3) is 0 Å². The van der Waals surface area contributed by atoms with E-state index in [1.807, 2.05) is 69.8 Å². The highest BCUT2D eigenvalue weighted by Gasteiger charge is 2.36. The van der Waals surface area contributed by atoms with Gasteiger partial charge in [-0.25, -0.2) is 4.98 Å². The molecule has 1 saturated heterocycles. The van der Waals surface area contributed by atoms with E-state index in [4.69, 9.17) is 9.72 Å². The predicted octanol–water partition coefficient (Wildman–Crippen LogP) is 6.06. The van der Waals surface area contributed by atoms with Gasteiger partial charge in [-0.1, -0.05) is 62.4 Å². The number of amides is 2. The monoisotopic (exact) mass is 552 g/mol. The van der Waals surface area contributed by atoms with Crippen LogP contribution in [-0.4, -0.2) is 47.7 Å². The van der Waals surface area contributed by atoms with Crippen LogP contribution in [0.2, 0.25) is 0 Å². The number of fused-ring (bicyclic) bond motifs is 1. The van der Waals surface area contributed by atoms with E-state index in [0.29, 0.717) is 19.6 Å². The molecule has 214 valence electrons. The first-order chi connectivity index (χ1) is 19.9. The molecule has 1 aromatic heterocycles. The average molecular weight is 553 g/mol. The standard InChI is InChI=1S/C34H40N4O3/c1-6-25-14-8-10-17-29(25)36-20-27(19-31(36)39)34-35-28-16-9-11-18-30(28)37(34)21-32(40)38(24(4)22-41-5)33-23(3)13-12-15-26(33)7-2/h8-18,24,27H,6-7,19-22H2,1-5H3. The van der Waals surface area contributed by atoms with E-state index in [1.165, 1.54) is 0 Å². The largest absolute Gasteiger partial charge is 0.383 e. The van der Waals surface area contributed by atoms with Crippen molar-refractivity contribution < 1.29 is 14.3 Å². The SMILES string of the molecule is CCc1ccccc1N1CC(c2nc3ccccc3n2CC(=O)N(c2c(C)cccc2CC)C(C)COC)CC1=O. The Kier molecular flexibility index (Phi) is 8.54. The van der Waals surface area contributed by atoms with Crippen molar-refractivity contribution in [2.75, 3.05) is 30.1 Å². The Bertz CT molecular complexity index is 1560. The maximum atomic E-state index is 14.3. The first-order valence-electron chi connectivity index (χ1n) is 14.6. The van der Waals surface area contributed by atoms with Crippen LogP contribution in [0.15, 0.2) is 66.7 Å². The molecule has 0 saturated carbocycles. The van der Waals surface area contributed by atoms with Crippen molar-refractivity contribution in [2.45, 2.75) is 65.5 Å². The minimum absolute atomic E-state index is 0.0274. The van der Waals surface area contributed by atoms with E-state index in [-0.39, 0.29) is 30.3 Å². The summed E-state index contributed by atoms with van der Waals surface area (Å²) in [6.07, 6.45) is 2.03. The van der Waals surface area contributed by atoms with Gasteiger partial charge in [-0.3, -0.25) is 9.59 Å². The number of imidazole rings is 1. The third-order valence-electron chi connectivity index (χ3n) is 8.19. The first-order valence-corrected chi connectivity index (χ1v) is 14.6. The topological polar surface area (TPSA) is 67.7 Å². The van der Waals surface area contributed by atoms with Crippen molar-refractivity contribution in [1.29, 1.82) is 0 Å². The molecule has 0 radical (unpaired) electrons. The lowest BCUT2D eigenvalue weighted by Gasteiger charge is -2.32. The fraction of sp³-hybridized carbons (Fsp3) is 0.382. The zero-order valence-corrected chi connectivity index (χ0v) is 24.8. The molecular weight excluding hydrogens is 512 g/mol. The van der Waals surface area contributed by atoms with Crippen molar-refractivity contribution in [3.05, 3.63) is 89.2 Å². The molecule has 0 spiro atoms. The summed E-state index contributed by atoms with van der Waals surface area (Å²) in [5.41, 5.74) is 6.98. The Labute approximate surface area is 242 Å². The highest BCUT2D eigenvalue weighted by Crippen LogP contribution is 2.35. The summed E-state index contributed by atoms with van der Waals surface area (Å²) in [6.45, 7) is 9.38. The van der Waals surface area contributed by atoms with E-state index in [1.54, 1.807) is 7.11 Å². The Balaban J connectivity index is 1.54. The molecule has 4 aromatic rings. The van der Waals surface area contributed by atoms with Gasteiger partial charge in [0.15, 0.2) is 0 Å². The number of hydrogen-bond acceptors (Lipinski definition) is 4. The number of rotatable bonds is 10. The van der Waals surface area contributed by atoms with Crippen molar-refractivity contribution in [2.24, 2.45) is 0 Å². The molecule has 2 atom stereocenters. The number of carbonyl (C=O) groups is 2. The lowest BCUT2D eigenvalue weighted by Crippen LogP contribution is -2.44. The third kappa shape index (κ3) is 5.51. The molecule has 0 N–H and O–H groups in total. The molecule has 3 aromatic carbocycles. The second-order valence-corrected chi connectivity index (χ2v) is 10.9. The molecule has 5 rings (SSSR count). The molecule has 0 bridgehead atoms.